The summed E-state index contributed by atoms with van der Waals surface area (Å²) in [6.07, 6.45) is 1.36. The maximum absolute atomic E-state index is 13.9. The van der Waals surface area contributed by atoms with E-state index in [2.05, 4.69) is 26.1 Å². The van der Waals surface area contributed by atoms with Gasteiger partial charge in [-0.25, -0.2) is 4.39 Å². The van der Waals surface area contributed by atoms with Gasteiger partial charge in [0, 0.05) is 29.8 Å². The number of halogens is 2. The lowest BCUT2D eigenvalue weighted by molar-refractivity contribution is -0.118. The molecular formula is C17H21BrFN3O2. The van der Waals surface area contributed by atoms with E-state index in [1.54, 1.807) is 19.2 Å². The molecule has 0 saturated heterocycles. The Kier molecular flexibility index (Phi) is 5.74. The summed E-state index contributed by atoms with van der Waals surface area (Å²) in [7, 11) is 1.57. The van der Waals surface area contributed by atoms with Crippen LogP contribution in [0, 0.1) is 5.82 Å². The van der Waals surface area contributed by atoms with E-state index < -0.39 is 5.82 Å². The van der Waals surface area contributed by atoms with E-state index in [9.17, 15) is 9.18 Å². The van der Waals surface area contributed by atoms with Gasteiger partial charge in [-0.2, -0.15) is 4.98 Å². The molecule has 0 atom stereocenters. The lowest BCUT2D eigenvalue weighted by Gasteiger charge is -2.18. The minimum atomic E-state index is -0.438. The number of carbonyl (C=O) groups is 1. The van der Waals surface area contributed by atoms with Gasteiger partial charge < -0.3 is 9.42 Å². The van der Waals surface area contributed by atoms with Crippen LogP contribution in [0.15, 0.2) is 27.2 Å². The first-order valence-electron chi connectivity index (χ1n) is 7.73. The zero-order valence-electron chi connectivity index (χ0n) is 14.3. The molecule has 5 nitrogen and oxygen atoms in total. The molecule has 0 aliphatic carbocycles. The lowest BCUT2D eigenvalue weighted by atomic mass is 9.96. The Bertz CT molecular complexity index is 725. The third kappa shape index (κ3) is 4.63. The summed E-state index contributed by atoms with van der Waals surface area (Å²) in [5, 5.41) is 3.95. The highest BCUT2D eigenvalue weighted by molar-refractivity contribution is 9.10. The Morgan fingerprint density at radius 2 is 2.08 bits per heavy atom. The summed E-state index contributed by atoms with van der Waals surface area (Å²) in [6, 6.07) is 4.62. The molecule has 2 aromatic rings. The quantitative estimate of drug-likeness (QED) is 0.756. The summed E-state index contributed by atoms with van der Waals surface area (Å²) in [5.41, 5.74) is 0.0904. The zero-order chi connectivity index (χ0) is 17.9. The van der Waals surface area contributed by atoms with Crippen molar-refractivity contribution in [3.63, 3.8) is 0 Å². The van der Waals surface area contributed by atoms with Gasteiger partial charge in [0.2, 0.25) is 11.8 Å². The number of hydrogen-bond acceptors (Lipinski definition) is 4. The van der Waals surface area contributed by atoms with Gasteiger partial charge in [-0.05, 0) is 24.6 Å². The number of anilines is 1. The first-order valence-corrected chi connectivity index (χ1v) is 8.52. The average molecular weight is 398 g/mol. The molecule has 0 unspecified atom stereocenters. The fourth-order valence-electron chi connectivity index (χ4n) is 2.11. The van der Waals surface area contributed by atoms with Crippen LogP contribution in [-0.4, -0.2) is 23.1 Å². The second kappa shape index (κ2) is 7.42. The third-order valence-electron chi connectivity index (χ3n) is 3.57. The number of aromatic nitrogens is 2. The molecule has 1 aromatic heterocycles. The number of aryl methyl sites for hydroxylation is 1. The number of rotatable bonds is 5. The van der Waals surface area contributed by atoms with Crippen LogP contribution < -0.4 is 4.90 Å². The molecule has 0 spiro atoms. The number of benzene rings is 1. The Morgan fingerprint density at radius 3 is 2.67 bits per heavy atom. The molecule has 1 heterocycles. The Balaban J connectivity index is 1.90. The van der Waals surface area contributed by atoms with E-state index in [1.807, 2.05) is 20.8 Å². The monoisotopic (exact) mass is 397 g/mol. The molecule has 130 valence electrons. The second-order valence-corrected chi connectivity index (χ2v) is 7.58. The van der Waals surface area contributed by atoms with Crippen LogP contribution in [0.4, 0.5) is 10.1 Å². The Morgan fingerprint density at radius 1 is 1.38 bits per heavy atom. The van der Waals surface area contributed by atoms with Crippen molar-refractivity contribution in [1.29, 1.82) is 0 Å². The largest absolute Gasteiger partial charge is 0.339 e. The van der Waals surface area contributed by atoms with Gasteiger partial charge in [-0.3, -0.25) is 4.79 Å². The van der Waals surface area contributed by atoms with Gasteiger partial charge >= 0.3 is 0 Å². The molecule has 1 aromatic carbocycles. The van der Waals surface area contributed by atoms with Gasteiger partial charge in [-0.1, -0.05) is 41.9 Å². The molecule has 0 saturated carbocycles. The maximum Gasteiger partial charge on any atom is 0.226 e. The summed E-state index contributed by atoms with van der Waals surface area (Å²) >= 11 is 3.20. The SMILES string of the molecule is CN(C(=O)CCCc1nc(C(C)(C)C)no1)c1ccc(Br)cc1F. The van der Waals surface area contributed by atoms with Crippen molar-refractivity contribution < 1.29 is 13.7 Å². The standard InChI is InChI=1S/C17H21BrFN3O2/c1-17(2,3)16-20-14(24-21-16)6-5-7-15(23)22(4)13-9-8-11(18)10-12(13)19/h8-10H,5-7H2,1-4H3. The number of nitrogens with zero attached hydrogens (tertiary/aromatic N) is 3. The predicted octanol–water partition coefficient (Wildman–Crippen LogP) is 4.25. The molecule has 24 heavy (non-hydrogen) atoms. The van der Waals surface area contributed by atoms with E-state index in [0.717, 1.165) is 0 Å². The highest BCUT2D eigenvalue weighted by Crippen LogP contribution is 2.23. The van der Waals surface area contributed by atoms with Crippen LogP contribution in [-0.2, 0) is 16.6 Å². The molecule has 0 radical (unpaired) electrons. The van der Waals surface area contributed by atoms with Gasteiger partial charge in [0.05, 0.1) is 5.69 Å². The molecule has 7 heteroatoms. The second-order valence-electron chi connectivity index (χ2n) is 6.66. The van der Waals surface area contributed by atoms with Crippen LogP contribution in [0.2, 0.25) is 0 Å². The van der Waals surface area contributed by atoms with E-state index in [1.165, 1.54) is 11.0 Å². The smallest absolute Gasteiger partial charge is 0.226 e. The molecule has 0 fully saturated rings. The van der Waals surface area contributed by atoms with Gasteiger partial charge in [0.25, 0.3) is 0 Å². The summed E-state index contributed by atoms with van der Waals surface area (Å²) in [6.45, 7) is 6.02. The highest BCUT2D eigenvalue weighted by Gasteiger charge is 2.21. The van der Waals surface area contributed by atoms with Gasteiger partial charge in [0.1, 0.15) is 5.82 Å². The maximum atomic E-state index is 13.9. The van der Waals surface area contributed by atoms with Crippen molar-refractivity contribution in [3.05, 3.63) is 40.2 Å². The first kappa shape index (κ1) is 18.6. The molecule has 0 aliphatic heterocycles. The van der Waals surface area contributed by atoms with Crippen LogP contribution in [0.25, 0.3) is 0 Å². The van der Waals surface area contributed by atoms with E-state index in [0.29, 0.717) is 29.0 Å². The van der Waals surface area contributed by atoms with Crippen molar-refractivity contribution in [1.82, 2.24) is 10.1 Å². The minimum Gasteiger partial charge on any atom is -0.339 e. The summed E-state index contributed by atoms with van der Waals surface area (Å²) in [4.78, 5) is 17.9. The van der Waals surface area contributed by atoms with Crippen LogP contribution in [0.3, 0.4) is 0 Å². The van der Waals surface area contributed by atoms with Crippen molar-refractivity contribution in [2.24, 2.45) is 0 Å². The molecule has 0 N–H and O–H groups in total. The van der Waals surface area contributed by atoms with Crippen molar-refractivity contribution in [3.8, 4) is 0 Å². The zero-order valence-corrected chi connectivity index (χ0v) is 15.9. The molecule has 1 amide bonds. The number of hydrogen-bond donors (Lipinski definition) is 0. The number of amides is 1. The lowest BCUT2D eigenvalue weighted by Crippen LogP contribution is -2.26. The first-order chi connectivity index (χ1) is 11.2. The minimum absolute atomic E-state index is 0.160. The predicted molar refractivity (Wildman–Crippen MR) is 93.4 cm³/mol. The average Bonchev–Trinajstić information content (AvgIpc) is 2.95. The Labute approximate surface area is 149 Å². The fraction of sp³-hybridized carbons (Fsp3) is 0.471. The van der Waals surface area contributed by atoms with Crippen molar-refractivity contribution >= 4 is 27.5 Å². The molecule has 2 rings (SSSR count). The third-order valence-corrected chi connectivity index (χ3v) is 4.06. The van der Waals surface area contributed by atoms with E-state index in [4.69, 9.17) is 4.52 Å². The van der Waals surface area contributed by atoms with E-state index in [-0.39, 0.29) is 23.4 Å². The van der Waals surface area contributed by atoms with Crippen LogP contribution >= 0.6 is 15.9 Å². The van der Waals surface area contributed by atoms with Crippen LogP contribution in [0.5, 0.6) is 0 Å². The van der Waals surface area contributed by atoms with Crippen molar-refractivity contribution in [2.45, 2.75) is 45.4 Å². The van der Waals surface area contributed by atoms with Crippen molar-refractivity contribution in [2.75, 3.05) is 11.9 Å². The molecule has 0 bridgehead atoms. The van der Waals surface area contributed by atoms with Gasteiger partial charge in [0.15, 0.2) is 5.82 Å². The highest BCUT2D eigenvalue weighted by atomic mass is 79.9. The molecular weight excluding hydrogens is 377 g/mol. The van der Waals surface area contributed by atoms with Gasteiger partial charge in [-0.15, -0.1) is 0 Å². The fourth-order valence-corrected chi connectivity index (χ4v) is 2.44. The summed E-state index contributed by atoms with van der Waals surface area (Å²) < 4.78 is 19.7. The topological polar surface area (TPSA) is 59.2 Å². The van der Waals surface area contributed by atoms with Crippen LogP contribution in [0.1, 0.15) is 45.3 Å². The Hall–Kier alpha value is -1.76. The normalized spacial score (nSPS) is 11.6. The molecule has 0 aliphatic rings. The van der Waals surface area contributed by atoms with E-state index >= 15 is 0 Å². The summed E-state index contributed by atoms with van der Waals surface area (Å²) in [5.74, 6) is 0.571. The number of carbonyl (C=O) groups excluding carboxylic acids is 1.